The zero-order valence-corrected chi connectivity index (χ0v) is 34.0. The van der Waals surface area contributed by atoms with Gasteiger partial charge in [-0.05, 0) is 82.5 Å². The highest BCUT2D eigenvalue weighted by Gasteiger charge is 2.44. The molecule has 2 saturated heterocycles. The molecule has 5 heterocycles. The maximum Gasteiger partial charge on any atom is 0.322 e. The Kier molecular flexibility index (Phi) is 11.7. The number of fused-ring (bicyclic) bond motifs is 2. The largest absolute Gasteiger partial charge is 0.478 e. The number of benzene rings is 2. The van der Waals surface area contributed by atoms with Gasteiger partial charge in [-0.3, -0.25) is 34.0 Å². The van der Waals surface area contributed by atoms with Crippen molar-refractivity contribution in [1.29, 1.82) is 0 Å². The maximum absolute atomic E-state index is 13.4. The van der Waals surface area contributed by atoms with Gasteiger partial charge in [-0.25, -0.2) is 14.6 Å². The number of imide groups is 1. The Bertz CT molecular complexity index is 2360. The molecule has 1 saturated carbocycles. The van der Waals surface area contributed by atoms with Crippen molar-refractivity contribution in [1.82, 2.24) is 24.7 Å². The Hall–Kier alpha value is -6.40. The van der Waals surface area contributed by atoms with Crippen molar-refractivity contribution in [3.63, 3.8) is 0 Å². The van der Waals surface area contributed by atoms with E-state index in [0.29, 0.717) is 53.6 Å². The number of urea groups is 1. The van der Waals surface area contributed by atoms with E-state index < -0.39 is 17.9 Å². The van der Waals surface area contributed by atoms with Crippen LogP contribution in [0, 0.1) is 6.57 Å². The zero-order valence-electron chi connectivity index (χ0n) is 34.0. The first-order valence-corrected chi connectivity index (χ1v) is 20.8. The predicted molar refractivity (Wildman–Crippen MR) is 227 cm³/mol. The van der Waals surface area contributed by atoms with Gasteiger partial charge in [0.05, 0.1) is 54.2 Å². The molecule has 4 amide bonds. The number of rotatable bonds is 11. The first-order chi connectivity index (χ1) is 29.1. The molecule has 4 aromatic rings. The summed E-state index contributed by atoms with van der Waals surface area (Å²) < 4.78 is 5.90. The summed E-state index contributed by atoms with van der Waals surface area (Å²) in [5.74, 6) is -0.910. The molecule has 15 heteroatoms. The highest BCUT2D eigenvalue weighted by molar-refractivity contribution is 6.24. The number of hydrogen-bond donors (Lipinski definition) is 1. The van der Waals surface area contributed by atoms with Crippen LogP contribution in [-0.4, -0.2) is 125 Å². The number of unbranched alkanes of at least 4 members (excludes halogenated alkanes) is 2. The van der Waals surface area contributed by atoms with E-state index in [1.54, 1.807) is 36.7 Å². The number of aromatic nitrogens is 2. The second kappa shape index (κ2) is 17.4. The van der Waals surface area contributed by atoms with E-state index >= 15 is 0 Å². The Morgan fingerprint density at radius 3 is 2.48 bits per heavy atom. The minimum atomic E-state index is -0.865. The molecule has 310 valence electrons. The van der Waals surface area contributed by atoms with Crippen molar-refractivity contribution < 1.29 is 28.7 Å². The lowest BCUT2D eigenvalue weighted by Gasteiger charge is -2.45. The third-order valence-electron chi connectivity index (χ3n) is 12.1. The van der Waals surface area contributed by atoms with E-state index in [1.165, 1.54) is 0 Å². The molecule has 8 rings (SSSR count). The number of Topliss-reactive ketones (excluding diaryl/α,β-unsaturated/α-hetero) is 2. The van der Waals surface area contributed by atoms with E-state index in [2.05, 4.69) is 41.8 Å². The van der Waals surface area contributed by atoms with Crippen LogP contribution in [0.25, 0.3) is 15.7 Å². The molecule has 4 aliphatic rings. The minimum Gasteiger partial charge on any atom is -0.478 e. The number of amides is 4. The second-order valence-electron chi connectivity index (χ2n) is 16.1. The van der Waals surface area contributed by atoms with Crippen molar-refractivity contribution in [2.24, 2.45) is 0 Å². The van der Waals surface area contributed by atoms with Gasteiger partial charge in [0.25, 0.3) is 11.8 Å². The molecular formula is C45H49N9O6. The highest BCUT2D eigenvalue weighted by Crippen LogP contribution is 2.36. The van der Waals surface area contributed by atoms with Gasteiger partial charge < -0.3 is 24.8 Å². The van der Waals surface area contributed by atoms with E-state index in [1.807, 2.05) is 42.2 Å². The fourth-order valence-electron chi connectivity index (χ4n) is 8.84. The smallest absolute Gasteiger partial charge is 0.322 e. The van der Waals surface area contributed by atoms with Gasteiger partial charge in [-0.2, -0.15) is 0 Å². The average Bonchev–Trinajstić information content (AvgIpc) is 3.50. The third-order valence-corrected chi connectivity index (χ3v) is 12.1. The number of carbonyl (C=O) groups excluding carboxylic acids is 5. The quantitative estimate of drug-likeness (QED) is 0.0826. The van der Waals surface area contributed by atoms with Gasteiger partial charge in [0.15, 0.2) is 5.78 Å². The Balaban J connectivity index is 0.732. The van der Waals surface area contributed by atoms with Crippen molar-refractivity contribution in [2.45, 2.75) is 70.5 Å². The highest BCUT2D eigenvalue weighted by atomic mass is 16.5. The van der Waals surface area contributed by atoms with Crippen LogP contribution in [0.1, 0.15) is 73.1 Å². The third kappa shape index (κ3) is 8.24. The number of ether oxygens (including phenoxy) is 1. The summed E-state index contributed by atoms with van der Waals surface area (Å²) in [6, 6.07) is 15.5. The zero-order chi connectivity index (χ0) is 41.9. The summed E-state index contributed by atoms with van der Waals surface area (Å²) in [6.45, 7) is 17.7. The SMILES string of the molecule is [C-]#[N+]c1ccc(N2C[C@@H](C)N(C(=O)Nc3ccc(OCCCCCN4CCN(c5ccc6c(c5)C(=O)N(C5CCC(=O)CC5=O)C6=O)CC4)nc3)C[C@@H]2C)c2cccnc12. The van der Waals surface area contributed by atoms with Crippen molar-refractivity contribution >= 4 is 63.1 Å². The fraction of sp³-hybridized carbons (Fsp3) is 0.422. The molecule has 0 bridgehead atoms. The van der Waals surface area contributed by atoms with E-state index in [-0.39, 0.29) is 48.9 Å². The molecule has 3 aliphatic heterocycles. The lowest BCUT2D eigenvalue weighted by molar-refractivity contribution is -0.132. The van der Waals surface area contributed by atoms with Gasteiger partial charge in [0, 0.05) is 86.8 Å². The number of hydrogen-bond acceptors (Lipinski definition) is 11. The molecule has 1 aliphatic carbocycles. The number of nitrogens with zero attached hydrogens (tertiary/aromatic N) is 8. The molecule has 0 spiro atoms. The predicted octanol–water partition coefficient (Wildman–Crippen LogP) is 5.97. The van der Waals surface area contributed by atoms with Crippen LogP contribution in [0.15, 0.2) is 67.0 Å². The Labute approximate surface area is 349 Å². The van der Waals surface area contributed by atoms with E-state index in [4.69, 9.17) is 11.3 Å². The Morgan fingerprint density at radius 1 is 0.900 bits per heavy atom. The van der Waals surface area contributed by atoms with Gasteiger partial charge in [-0.1, -0.05) is 12.1 Å². The first kappa shape index (κ1) is 40.4. The minimum absolute atomic E-state index is 0.0453. The average molecular weight is 812 g/mol. The maximum atomic E-state index is 13.4. The molecule has 2 aromatic carbocycles. The van der Waals surface area contributed by atoms with Gasteiger partial charge in [0.2, 0.25) is 11.6 Å². The van der Waals surface area contributed by atoms with E-state index in [0.717, 1.165) is 73.6 Å². The number of ketones is 2. The van der Waals surface area contributed by atoms with Crippen LogP contribution in [-0.2, 0) is 9.59 Å². The molecule has 1 N–H and O–H groups in total. The topological polar surface area (TPSA) is 153 Å². The lowest BCUT2D eigenvalue weighted by atomic mass is 9.92. The lowest BCUT2D eigenvalue weighted by Crippen LogP contribution is -2.59. The number of carbonyl (C=O) groups is 5. The second-order valence-corrected chi connectivity index (χ2v) is 16.1. The molecule has 60 heavy (non-hydrogen) atoms. The molecule has 1 unspecified atom stereocenters. The van der Waals surface area contributed by atoms with Crippen LogP contribution in [0.5, 0.6) is 5.88 Å². The monoisotopic (exact) mass is 811 g/mol. The molecular weight excluding hydrogens is 763 g/mol. The summed E-state index contributed by atoms with van der Waals surface area (Å²) in [4.78, 5) is 86.4. The van der Waals surface area contributed by atoms with Gasteiger partial charge in [0.1, 0.15) is 5.78 Å². The van der Waals surface area contributed by atoms with Crippen molar-refractivity contribution in [3.05, 3.63) is 89.5 Å². The summed E-state index contributed by atoms with van der Waals surface area (Å²) >= 11 is 0. The molecule has 3 fully saturated rings. The first-order valence-electron chi connectivity index (χ1n) is 20.8. The standard InChI is InChI=1S/C45H49N9O6/c1-29-28-53(30(2)27-52(29)38-15-13-37(46-3)42-35(38)8-7-17-47-42)45(59)49-31-9-16-41(48-26-31)60-23-6-4-5-18-50-19-21-51(22-20-50)32-10-12-34-36(24-32)44(58)54(43(34)57)39-14-11-33(55)25-40(39)56/h7-10,12-13,15-17,24,26,29-30,39H,4-6,11,14,18-23,25,27-28H2,1-2H3,(H,49,59)/t29-,30+,39?/m0/s1. The molecule has 2 aromatic heterocycles. The number of nitrogens with one attached hydrogen (secondary N) is 1. The van der Waals surface area contributed by atoms with Crippen LogP contribution in [0.4, 0.5) is 27.5 Å². The summed E-state index contributed by atoms with van der Waals surface area (Å²) in [7, 11) is 0. The van der Waals surface area contributed by atoms with Gasteiger partial charge >= 0.3 is 6.03 Å². The van der Waals surface area contributed by atoms with Crippen molar-refractivity contribution in [3.8, 4) is 5.88 Å². The Morgan fingerprint density at radius 2 is 1.72 bits per heavy atom. The van der Waals surface area contributed by atoms with E-state index in [9.17, 15) is 24.0 Å². The number of piperazine rings is 2. The van der Waals surface area contributed by atoms with Gasteiger partial charge in [-0.15, -0.1) is 0 Å². The summed E-state index contributed by atoms with van der Waals surface area (Å²) in [5.41, 5.74) is 4.35. The van der Waals surface area contributed by atoms with Crippen LogP contribution >= 0.6 is 0 Å². The molecule has 0 radical (unpaired) electrons. The van der Waals surface area contributed by atoms with Crippen LogP contribution in [0.3, 0.4) is 0 Å². The van der Waals surface area contributed by atoms with Crippen LogP contribution in [0.2, 0.25) is 0 Å². The number of anilines is 3. The molecule has 15 nitrogen and oxygen atoms in total. The summed E-state index contributed by atoms with van der Waals surface area (Å²) in [6.07, 6.45) is 6.43. The fourth-order valence-corrected chi connectivity index (χ4v) is 8.84. The summed E-state index contributed by atoms with van der Waals surface area (Å²) in [5, 5.41) is 3.93. The number of pyridine rings is 2. The normalized spacial score (nSPS) is 21.1. The molecule has 3 atom stereocenters. The van der Waals surface area contributed by atoms with Crippen molar-refractivity contribution in [2.75, 3.05) is 67.5 Å². The van der Waals surface area contributed by atoms with Crippen LogP contribution < -0.4 is 19.9 Å².